The van der Waals surface area contributed by atoms with E-state index in [1.165, 1.54) is 205 Å². The Kier molecular flexibility index (Phi) is 36.7. The van der Waals surface area contributed by atoms with E-state index in [0.29, 0.717) is 37.3 Å². The Hall–Kier alpha value is -2.84. The second-order valence-electron chi connectivity index (χ2n) is 23.3. The molecule has 0 N–H and O–H groups in total. The van der Waals surface area contributed by atoms with Crippen molar-refractivity contribution in [2.45, 2.75) is 283 Å². The van der Waals surface area contributed by atoms with Crippen molar-refractivity contribution < 1.29 is 25.9 Å². The molecule has 0 amide bonds. The van der Waals surface area contributed by atoms with Gasteiger partial charge in [0.05, 0.1) is 22.7 Å². The van der Waals surface area contributed by atoms with E-state index in [1.807, 2.05) is 84.9 Å². The maximum Gasteiger partial charge on any atom is 2.00 e. The van der Waals surface area contributed by atoms with Crippen LogP contribution in [0.1, 0.15) is 269 Å². The van der Waals surface area contributed by atoms with Crippen LogP contribution >= 0.6 is 0 Å². The van der Waals surface area contributed by atoms with Crippen LogP contribution in [0.15, 0.2) is 109 Å². The van der Waals surface area contributed by atoms with Gasteiger partial charge in [0.2, 0.25) is 0 Å². The van der Waals surface area contributed by atoms with Gasteiger partial charge in [-0.25, -0.2) is 16.8 Å². The van der Waals surface area contributed by atoms with Gasteiger partial charge < -0.3 is 18.9 Å². The third-order valence-corrected chi connectivity index (χ3v) is 18.5. The van der Waals surface area contributed by atoms with E-state index < -0.39 is 32.9 Å². The second-order valence-corrected chi connectivity index (χ2v) is 25.8. The third kappa shape index (κ3) is 27.0. The minimum Gasteiger partial charge on any atom is -0.731 e. The van der Waals surface area contributed by atoms with Crippen molar-refractivity contribution in [2.75, 3.05) is 18.4 Å². The Labute approximate surface area is 524 Å². The summed E-state index contributed by atoms with van der Waals surface area (Å²) in [5.74, 6) is 0. The van der Waals surface area contributed by atoms with Gasteiger partial charge in [-0.3, -0.25) is 8.61 Å². The number of fused-ring (bicyclic) bond motifs is 2. The minimum absolute atomic E-state index is 0. The first-order chi connectivity index (χ1) is 39.0. The molecule has 2 aliphatic heterocycles. The molecule has 4 aromatic carbocycles. The van der Waals surface area contributed by atoms with Crippen LogP contribution in [0.25, 0.3) is 0 Å². The van der Waals surface area contributed by atoms with Crippen LogP contribution in [-0.4, -0.2) is 76.0 Å². The Bertz CT molecular complexity index is 2270. The van der Waals surface area contributed by atoms with Crippen molar-refractivity contribution in [1.82, 2.24) is 0 Å². The quantitative estimate of drug-likeness (QED) is 0.0243. The van der Waals surface area contributed by atoms with Crippen molar-refractivity contribution in [2.24, 2.45) is 0 Å². The smallest absolute Gasteiger partial charge is 0.731 e. The van der Waals surface area contributed by atoms with Crippen molar-refractivity contribution in [3.05, 3.63) is 120 Å². The van der Waals surface area contributed by atoms with Crippen LogP contribution in [0.4, 0.5) is 22.7 Å². The number of para-hydroxylation sites is 4. The zero-order chi connectivity index (χ0) is 56.9. The van der Waals surface area contributed by atoms with Gasteiger partial charge in [-0.05, 0) is 61.1 Å². The van der Waals surface area contributed by atoms with Crippen LogP contribution in [0.2, 0.25) is 0 Å². The maximum atomic E-state index is 12.3. The molecule has 10 nitrogen and oxygen atoms in total. The summed E-state index contributed by atoms with van der Waals surface area (Å²) in [6.45, 7) is 5.71. The van der Waals surface area contributed by atoms with Gasteiger partial charge in [0.1, 0.15) is 12.3 Å². The number of rotatable bonds is 44. The van der Waals surface area contributed by atoms with E-state index in [0.717, 1.165) is 56.8 Å². The molecule has 13 heteroatoms. The number of benzene rings is 4. The number of hydrogen-bond acceptors (Lipinski definition) is 8. The number of anilines is 4. The Morgan fingerprint density at radius 1 is 0.309 bits per heavy atom. The van der Waals surface area contributed by atoms with E-state index >= 15 is 0 Å². The zero-order valence-electron chi connectivity index (χ0n) is 50.6. The van der Waals surface area contributed by atoms with E-state index in [2.05, 4.69) is 23.6 Å². The summed E-state index contributed by atoms with van der Waals surface area (Å²) in [5.41, 5.74) is 4.84. The van der Waals surface area contributed by atoms with Crippen LogP contribution in [-0.2, 0) is 33.7 Å². The molecule has 0 bridgehead atoms. The van der Waals surface area contributed by atoms with Crippen LogP contribution in [0, 0.1) is 0 Å². The van der Waals surface area contributed by atoms with Crippen molar-refractivity contribution in [1.29, 1.82) is 0 Å². The zero-order valence-corrected chi connectivity index (χ0v) is 54.4. The summed E-state index contributed by atoms with van der Waals surface area (Å²) in [5, 5.41) is 0. The molecule has 0 fully saturated rings. The van der Waals surface area contributed by atoms with Crippen molar-refractivity contribution >= 4 is 81.1 Å². The van der Waals surface area contributed by atoms with Crippen LogP contribution in [0.3, 0.4) is 0 Å². The number of unbranched alkanes of at least 4 members (excludes halogenated alkanes) is 34. The molecule has 0 saturated carbocycles. The second kappa shape index (κ2) is 42.1. The largest absolute Gasteiger partial charge is 2.00 e. The molecule has 2 aliphatic rings. The number of nitrogens with zero attached hydrogens (tertiary/aromatic N) is 4. The molecular weight excluding hydrogens is 1070 g/mol. The Morgan fingerprint density at radius 3 is 0.753 bits per heavy atom. The van der Waals surface area contributed by atoms with Crippen LogP contribution in [0.5, 0.6) is 0 Å². The average molecular weight is 1180 g/mol. The number of hydrogen-bond donors (Lipinski definition) is 0. The molecule has 81 heavy (non-hydrogen) atoms. The van der Waals surface area contributed by atoms with Gasteiger partial charge >= 0.3 is 37.7 Å². The maximum absolute atomic E-state index is 12.3. The van der Waals surface area contributed by atoms with E-state index in [9.17, 15) is 25.9 Å². The molecular formula is C68H106CaN4O6S2. The molecule has 0 aliphatic carbocycles. The SMILES string of the molecule is CCCCCCCCCCCCCCCCCCCCC1N(Cc2ccccc2)c2ccccc2N1S(=O)(=O)[O-].CCCCCCCCCCCCCCCCCCCCC1N(Cc2ccccc2)c2ccccc2N1S(=O)(=O)[O-].[Ca+2]. The molecule has 2 unspecified atom stereocenters. The first-order valence-electron chi connectivity index (χ1n) is 32.3. The van der Waals surface area contributed by atoms with E-state index in [1.54, 1.807) is 24.3 Å². The molecule has 448 valence electrons. The van der Waals surface area contributed by atoms with Crippen molar-refractivity contribution in [3.8, 4) is 0 Å². The van der Waals surface area contributed by atoms with Gasteiger partial charge in [-0.2, -0.15) is 0 Å². The normalized spacial score (nSPS) is 14.9. The van der Waals surface area contributed by atoms with E-state index in [4.69, 9.17) is 0 Å². The molecule has 2 atom stereocenters. The summed E-state index contributed by atoms with van der Waals surface area (Å²) in [4.78, 5) is 4.18. The van der Waals surface area contributed by atoms with Gasteiger partial charge in [0.25, 0.3) is 0 Å². The third-order valence-electron chi connectivity index (χ3n) is 16.6. The van der Waals surface area contributed by atoms with Gasteiger partial charge in [-0.1, -0.05) is 317 Å². The summed E-state index contributed by atoms with van der Waals surface area (Å²) < 4.78 is 76.3. The molecule has 4 aromatic rings. The van der Waals surface area contributed by atoms with Crippen LogP contribution < -0.4 is 18.4 Å². The Balaban J connectivity index is 0.000000344. The summed E-state index contributed by atoms with van der Waals surface area (Å²) in [6.07, 6.45) is 47.9. The fraction of sp³-hybridized carbons (Fsp3) is 0.647. The van der Waals surface area contributed by atoms with Gasteiger partial charge in [0.15, 0.2) is 20.6 Å². The standard InChI is InChI=1S/2C34H54N2O3S.Ca/c2*1-2-3-4-5-6-7-8-9-10-11-12-13-14-15-16-17-18-22-29-34-35(30-31-25-20-19-21-26-31)32-27-23-24-28-33(32)36(34)40(37,38)39;/h2*19-21,23-28,34H,2-18,22,29-30H2,1H3,(H,37,38,39);/q;;+2/p-2. The molecule has 0 radical (unpaired) electrons. The summed E-state index contributed by atoms with van der Waals surface area (Å²) in [6, 6.07) is 34.9. The minimum atomic E-state index is -4.62. The predicted molar refractivity (Wildman–Crippen MR) is 343 cm³/mol. The predicted octanol–water partition coefficient (Wildman–Crippen LogP) is 19.1. The fourth-order valence-electron chi connectivity index (χ4n) is 12.2. The monoisotopic (exact) mass is 1180 g/mol. The molecule has 0 saturated heterocycles. The first kappa shape index (κ1) is 70.6. The molecule has 2 heterocycles. The first-order valence-corrected chi connectivity index (χ1v) is 35.1. The van der Waals surface area contributed by atoms with E-state index in [-0.39, 0.29) is 37.7 Å². The van der Waals surface area contributed by atoms with Gasteiger partial charge in [0, 0.05) is 13.1 Å². The van der Waals surface area contributed by atoms with Crippen molar-refractivity contribution in [3.63, 3.8) is 0 Å². The summed E-state index contributed by atoms with van der Waals surface area (Å²) >= 11 is 0. The summed E-state index contributed by atoms with van der Waals surface area (Å²) in [7, 11) is -9.25. The Morgan fingerprint density at radius 2 is 0.519 bits per heavy atom. The fourth-order valence-corrected chi connectivity index (χ4v) is 14.0. The topological polar surface area (TPSA) is 127 Å². The van der Waals surface area contributed by atoms with Gasteiger partial charge in [-0.15, -0.1) is 0 Å². The molecule has 0 spiro atoms. The molecule has 0 aromatic heterocycles. The average Bonchev–Trinajstić information content (AvgIpc) is 4.16. The molecule has 6 rings (SSSR count).